The van der Waals surface area contributed by atoms with Gasteiger partial charge in [-0.15, -0.1) is 12.3 Å². The zero-order chi connectivity index (χ0) is 10.9. The van der Waals surface area contributed by atoms with Gasteiger partial charge in [0.2, 0.25) is 0 Å². The minimum atomic E-state index is 0.682. The van der Waals surface area contributed by atoms with Crippen LogP contribution in [0.5, 0.6) is 0 Å². The Morgan fingerprint density at radius 3 is 2.67 bits per heavy atom. The Labute approximate surface area is 95.0 Å². The molecule has 0 aliphatic heterocycles. The molecule has 1 atom stereocenters. The molecule has 1 fully saturated rings. The number of nitrogens with one attached hydrogen (secondary N) is 1. The molecule has 86 valence electrons. The minimum absolute atomic E-state index is 0.682. The Balaban J connectivity index is 2.34. The molecule has 0 bridgehead atoms. The highest BCUT2D eigenvalue weighted by atomic mass is 14.9. The van der Waals surface area contributed by atoms with Crippen molar-refractivity contribution < 1.29 is 0 Å². The molecule has 0 heterocycles. The summed E-state index contributed by atoms with van der Waals surface area (Å²) in [6, 6.07) is 0.682. The first-order chi connectivity index (χ1) is 7.38. The smallest absolute Gasteiger partial charge is 0.0104 e. The van der Waals surface area contributed by atoms with Crippen molar-refractivity contribution in [2.24, 2.45) is 5.92 Å². The van der Waals surface area contributed by atoms with Gasteiger partial charge in [0.25, 0.3) is 0 Å². The minimum Gasteiger partial charge on any atom is -0.314 e. The molecular formula is C14H25N. The SMILES string of the molecule is C#CCCC(NCCC)C1CCCCC1. The molecule has 1 nitrogen and oxygen atoms in total. The summed E-state index contributed by atoms with van der Waals surface area (Å²) in [5, 5.41) is 3.68. The molecule has 0 spiro atoms. The highest BCUT2D eigenvalue weighted by molar-refractivity contribution is 4.88. The van der Waals surface area contributed by atoms with Gasteiger partial charge in [0.05, 0.1) is 0 Å². The lowest BCUT2D eigenvalue weighted by Crippen LogP contribution is -2.37. The Kier molecular flexibility index (Phi) is 6.52. The molecule has 1 rings (SSSR count). The lowest BCUT2D eigenvalue weighted by Gasteiger charge is -2.30. The van der Waals surface area contributed by atoms with Gasteiger partial charge in [-0.3, -0.25) is 0 Å². The van der Waals surface area contributed by atoms with Crippen LogP contribution >= 0.6 is 0 Å². The van der Waals surface area contributed by atoms with Crippen LogP contribution in [0.2, 0.25) is 0 Å². The second-order valence-corrected chi connectivity index (χ2v) is 4.70. The second-order valence-electron chi connectivity index (χ2n) is 4.70. The molecule has 1 aliphatic carbocycles. The fourth-order valence-corrected chi connectivity index (χ4v) is 2.61. The average molecular weight is 207 g/mol. The van der Waals surface area contributed by atoms with Crippen LogP contribution in [-0.2, 0) is 0 Å². The monoisotopic (exact) mass is 207 g/mol. The summed E-state index contributed by atoms with van der Waals surface area (Å²) in [5.41, 5.74) is 0. The van der Waals surface area contributed by atoms with E-state index in [1.807, 2.05) is 0 Å². The van der Waals surface area contributed by atoms with Crippen molar-refractivity contribution in [3.05, 3.63) is 0 Å². The van der Waals surface area contributed by atoms with E-state index in [-0.39, 0.29) is 0 Å². The van der Waals surface area contributed by atoms with Crippen molar-refractivity contribution >= 4 is 0 Å². The molecule has 1 saturated carbocycles. The van der Waals surface area contributed by atoms with Gasteiger partial charge in [-0.1, -0.05) is 26.2 Å². The van der Waals surface area contributed by atoms with Gasteiger partial charge < -0.3 is 5.32 Å². The maximum absolute atomic E-state index is 5.36. The van der Waals surface area contributed by atoms with Crippen molar-refractivity contribution in [2.75, 3.05) is 6.54 Å². The predicted molar refractivity (Wildman–Crippen MR) is 66.7 cm³/mol. The lowest BCUT2D eigenvalue weighted by molar-refractivity contribution is 0.260. The summed E-state index contributed by atoms with van der Waals surface area (Å²) in [4.78, 5) is 0. The molecule has 0 aromatic rings. The standard InChI is InChI=1S/C14H25N/c1-3-5-11-14(15-12-4-2)13-9-7-6-8-10-13/h1,13-15H,4-12H2,2H3. The molecule has 1 heteroatoms. The summed E-state index contributed by atoms with van der Waals surface area (Å²) in [6.45, 7) is 3.37. The topological polar surface area (TPSA) is 12.0 Å². The van der Waals surface area contributed by atoms with E-state index in [1.165, 1.54) is 44.9 Å². The van der Waals surface area contributed by atoms with Crippen molar-refractivity contribution in [2.45, 2.75) is 64.3 Å². The first kappa shape index (κ1) is 12.6. The fraction of sp³-hybridized carbons (Fsp3) is 0.857. The first-order valence-electron chi connectivity index (χ1n) is 6.55. The van der Waals surface area contributed by atoms with Gasteiger partial charge in [-0.2, -0.15) is 0 Å². The third-order valence-corrected chi connectivity index (χ3v) is 3.48. The molecular weight excluding hydrogens is 182 g/mol. The Morgan fingerprint density at radius 2 is 2.07 bits per heavy atom. The van der Waals surface area contributed by atoms with E-state index in [0.717, 1.165) is 18.9 Å². The van der Waals surface area contributed by atoms with Crippen molar-refractivity contribution in [1.29, 1.82) is 0 Å². The number of terminal acetylenes is 1. The van der Waals surface area contributed by atoms with E-state index < -0.39 is 0 Å². The van der Waals surface area contributed by atoms with Gasteiger partial charge in [-0.25, -0.2) is 0 Å². The normalized spacial score (nSPS) is 19.7. The maximum atomic E-state index is 5.36. The van der Waals surface area contributed by atoms with E-state index >= 15 is 0 Å². The third kappa shape index (κ3) is 4.71. The Hall–Kier alpha value is -0.480. The summed E-state index contributed by atoms with van der Waals surface area (Å²) in [7, 11) is 0. The quantitative estimate of drug-likeness (QED) is 0.659. The fourth-order valence-electron chi connectivity index (χ4n) is 2.61. The molecule has 1 aliphatic rings. The van der Waals surface area contributed by atoms with Crippen LogP contribution in [0.3, 0.4) is 0 Å². The molecule has 0 aromatic heterocycles. The van der Waals surface area contributed by atoms with Crippen LogP contribution in [0.25, 0.3) is 0 Å². The predicted octanol–water partition coefficient (Wildman–Crippen LogP) is 3.35. The van der Waals surface area contributed by atoms with Gasteiger partial charge in [0, 0.05) is 12.5 Å². The van der Waals surface area contributed by atoms with E-state index in [9.17, 15) is 0 Å². The molecule has 0 amide bonds. The van der Waals surface area contributed by atoms with Crippen molar-refractivity contribution in [1.82, 2.24) is 5.32 Å². The highest BCUT2D eigenvalue weighted by Crippen LogP contribution is 2.28. The van der Waals surface area contributed by atoms with Crippen LogP contribution < -0.4 is 5.32 Å². The molecule has 0 saturated heterocycles. The van der Waals surface area contributed by atoms with Gasteiger partial charge in [-0.05, 0) is 38.1 Å². The summed E-state index contributed by atoms with van der Waals surface area (Å²) in [6.07, 6.45) is 15.8. The lowest BCUT2D eigenvalue weighted by atomic mass is 9.82. The van der Waals surface area contributed by atoms with Crippen molar-refractivity contribution in [3.63, 3.8) is 0 Å². The molecule has 0 aromatic carbocycles. The largest absolute Gasteiger partial charge is 0.314 e. The van der Waals surface area contributed by atoms with Crippen molar-refractivity contribution in [3.8, 4) is 12.3 Å². The van der Waals surface area contributed by atoms with Crippen LogP contribution in [0, 0.1) is 18.3 Å². The van der Waals surface area contributed by atoms with Crippen LogP contribution in [0.4, 0.5) is 0 Å². The number of hydrogen-bond acceptors (Lipinski definition) is 1. The average Bonchev–Trinajstić information content (AvgIpc) is 2.30. The van der Waals surface area contributed by atoms with Gasteiger partial charge in [0.15, 0.2) is 0 Å². The zero-order valence-corrected chi connectivity index (χ0v) is 10.1. The molecule has 15 heavy (non-hydrogen) atoms. The second kappa shape index (κ2) is 7.77. The molecule has 1 N–H and O–H groups in total. The summed E-state index contributed by atoms with van der Waals surface area (Å²) >= 11 is 0. The third-order valence-electron chi connectivity index (χ3n) is 3.48. The van der Waals surface area contributed by atoms with Gasteiger partial charge >= 0.3 is 0 Å². The number of hydrogen-bond donors (Lipinski definition) is 1. The van der Waals surface area contributed by atoms with E-state index in [0.29, 0.717) is 6.04 Å². The van der Waals surface area contributed by atoms with E-state index in [1.54, 1.807) is 0 Å². The van der Waals surface area contributed by atoms with Crippen LogP contribution in [-0.4, -0.2) is 12.6 Å². The highest BCUT2D eigenvalue weighted by Gasteiger charge is 2.22. The van der Waals surface area contributed by atoms with E-state index in [2.05, 4.69) is 18.2 Å². The summed E-state index contributed by atoms with van der Waals surface area (Å²) < 4.78 is 0. The van der Waals surface area contributed by atoms with Gasteiger partial charge in [0.1, 0.15) is 0 Å². The Morgan fingerprint density at radius 1 is 1.33 bits per heavy atom. The van der Waals surface area contributed by atoms with Crippen LogP contribution in [0.1, 0.15) is 58.3 Å². The molecule has 0 radical (unpaired) electrons. The zero-order valence-electron chi connectivity index (χ0n) is 10.1. The summed E-state index contributed by atoms with van der Waals surface area (Å²) in [5.74, 6) is 3.66. The Bertz CT molecular complexity index is 186. The number of rotatable bonds is 6. The molecule has 1 unspecified atom stereocenters. The van der Waals surface area contributed by atoms with Crippen LogP contribution in [0.15, 0.2) is 0 Å². The van der Waals surface area contributed by atoms with E-state index in [4.69, 9.17) is 6.42 Å². The maximum Gasteiger partial charge on any atom is 0.0104 e. The first-order valence-corrected chi connectivity index (χ1v) is 6.55.